The number of ether oxygens (including phenoxy) is 10. The van der Waals surface area contributed by atoms with E-state index in [1.807, 2.05) is 6.07 Å². The summed E-state index contributed by atoms with van der Waals surface area (Å²) in [6, 6.07) is 15.4. The Morgan fingerprint density at radius 3 is 1.19 bits per heavy atom. The van der Waals surface area contributed by atoms with Crippen molar-refractivity contribution < 1.29 is 95.3 Å². The van der Waals surface area contributed by atoms with Gasteiger partial charge in [-0.2, -0.15) is 0 Å². The van der Waals surface area contributed by atoms with Crippen LogP contribution in [0.1, 0.15) is 113 Å². The third-order valence-electron chi connectivity index (χ3n) is 14.4. The monoisotopic (exact) mass is 1250 g/mol. The molecule has 0 N–H and O–H groups in total. The molecule has 2 saturated carbocycles. The van der Waals surface area contributed by atoms with Crippen molar-refractivity contribution in [2.45, 2.75) is 140 Å². The number of rotatable bonds is 28. The minimum atomic E-state index is -0.700. The number of carbonyl (C=O) groups is 10. The average molecular weight is 1250 g/mol. The van der Waals surface area contributed by atoms with Crippen molar-refractivity contribution in [3.8, 4) is 29.1 Å². The number of benzene rings is 3. The summed E-state index contributed by atoms with van der Waals surface area (Å²) in [6.45, 7) is 20.6. The summed E-state index contributed by atoms with van der Waals surface area (Å²) in [5.74, 6) is -6.69. The van der Waals surface area contributed by atoms with E-state index < -0.39 is 95.6 Å². The highest BCUT2D eigenvalue weighted by molar-refractivity contribution is 8.24. The Morgan fingerprint density at radius 1 is 0.545 bits per heavy atom. The summed E-state index contributed by atoms with van der Waals surface area (Å²) in [5, 5.41) is 9.82. The van der Waals surface area contributed by atoms with Crippen LogP contribution in [0.4, 0.5) is 0 Å². The predicted molar refractivity (Wildman–Crippen MR) is 314 cm³/mol. The lowest BCUT2D eigenvalue weighted by atomic mass is 9.82. The van der Waals surface area contributed by atoms with Gasteiger partial charge in [-0.05, 0) is 126 Å². The Hall–Kier alpha value is -8.74. The smallest absolute Gasteiger partial charge is 0.330 e. The fraction of sp³-hybridized carbons (Fsp3) is 0.438. The van der Waals surface area contributed by atoms with Gasteiger partial charge in [0.15, 0.2) is 0 Å². The molecule has 2 fully saturated rings. The lowest BCUT2D eigenvalue weighted by molar-refractivity contribution is -0.157. The largest absolute Gasteiger partial charge is 0.465 e. The van der Waals surface area contributed by atoms with Crippen LogP contribution >= 0.6 is 23.5 Å². The van der Waals surface area contributed by atoms with Crippen LogP contribution in [0, 0.1) is 55.4 Å². The molecule has 0 aromatic heterocycles. The number of carbonyl (C=O) groups excluding carboxylic acids is 10. The third kappa shape index (κ3) is 20.7. The Bertz CT molecular complexity index is 3020. The molecule has 2 aliphatic carbocycles. The molecular weight excluding hydrogens is 1180 g/mol. The summed E-state index contributed by atoms with van der Waals surface area (Å²) in [4.78, 5) is 129. The quantitative estimate of drug-likeness (QED) is 0.0163. The van der Waals surface area contributed by atoms with Gasteiger partial charge in [0.05, 0.1) is 89.2 Å². The van der Waals surface area contributed by atoms with Crippen LogP contribution in [-0.4, -0.2) is 98.3 Å². The SMILES string of the molecule is [C-]#[N+]C(C#N)=C1Sc2c(OC(=O)C3CCC(C(=O)Oc4ccc(CCOC(=O)CCC(=O)OC(C)COC(=O)C=C)cc4)CC3)c(C)c(C)c(OC(=O)C3CCC(C(=O)Oc4ccc(CCOC(=O)CCC(=O)OC(C)COC(=O)C=C)cc4)CC3)c2S1. The summed E-state index contributed by atoms with van der Waals surface area (Å²) < 4.78 is 54.4. The van der Waals surface area contributed by atoms with Crippen LogP contribution in [0.5, 0.6) is 23.0 Å². The number of nitrogens with zero attached hydrogens (tertiary/aromatic N) is 2. The van der Waals surface area contributed by atoms with Crippen molar-refractivity contribution in [3.05, 3.63) is 117 Å². The van der Waals surface area contributed by atoms with E-state index in [1.54, 1.807) is 76.2 Å². The molecule has 0 amide bonds. The molecule has 88 heavy (non-hydrogen) atoms. The third-order valence-corrected chi connectivity index (χ3v) is 17.0. The highest BCUT2D eigenvalue weighted by Crippen LogP contribution is 2.61. The number of thioether (sulfide) groups is 2. The number of allylic oxidation sites excluding steroid dienone is 1. The minimum Gasteiger partial charge on any atom is -0.465 e. The van der Waals surface area contributed by atoms with Gasteiger partial charge in [0, 0.05) is 25.0 Å². The van der Waals surface area contributed by atoms with E-state index in [0.29, 0.717) is 101 Å². The molecule has 2 atom stereocenters. The van der Waals surface area contributed by atoms with Crippen molar-refractivity contribution >= 4 is 83.2 Å². The van der Waals surface area contributed by atoms with E-state index in [9.17, 15) is 53.2 Å². The molecule has 0 saturated heterocycles. The van der Waals surface area contributed by atoms with E-state index in [2.05, 4.69) is 18.0 Å². The Kier molecular flexibility index (Phi) is 26.4. The van der Waals surface area contributed by atoms with E-state index >= 15 is 0 Å². The van der Waals surface area contributed by atoms with Crippen molar-refractivity contribution in [1.29, 1.82) is 5.26 Å². The van der Waals surface area contributed by atoms with Crippen LogP contribution in [0.2, 0.25) is 0 Å². The number of hydrogen-bond acceptors (Lipinski definition) is 23. The molecule has 3 aromatic carbocycles. The van der Waals surface area contributed by atoms with Gasteiger partial charge < -0.3 is 47.4 Å². The van der Waals surface area contributed by atoms with Crippen LogP contribution in [0.25, 0.3) is 4.85 Å². The second kappa shape index (κ2) is 34.0. The van der Waals surface area contributed by atoms with Gasteiger partial charge in [-0.1, -0.05) is 60.9 Å². The summed E-state index contributed by atoms with van der Waals surface area (Å²) in [5.41, 5.74) is 2.45. The number of hydrogen-bond donors (Lipinski definition) is 0. The lowest BCUT2D eigenvalue weighted by Gasteiger charge is -2.27. The van der Waals surface area contributed by atoms with Crippen LogP contribution in [-0.2, 0) is 89.2 Å². The van der Waals surface area contributed by atoms with Crippen molar-refractivity contribution in [3.63, 3.8) is 0 Å². The molecule has 6 rings (SSSR count). The predicted octanol–water partition coefficient (Wildman–Crippen LogP) is 9.80. The van der Waals surface area contributed by atoms with E-state index in [1.165, 1.54) is 0 Å². The van der Waals surface area contributed by atoms with Crippen molar-refractivity contribution in [2.75, 3.05) is 26.4 Å². The van der Waals surface area contributed by atoms with Gasteiger partial charge in [0.2, 0.25) is 0 Å². The number of nitriles is 1. The molecule has 0 radical (unpaired) electrons. The summed E-state index contributed by atoms with van der Waals surface area (Å²) in [7, 11) is 0. The number of esters is 10. The van der Waals surface area contributed by atoms with Gasteiger partial charge in [0.1, 0.15) is 48.4 Å². The molecule has 0 spiro atoms. The fourth-order valence-electron chi connectivity index (χ4n) is 9.35. The highest BCUT2D eigenvalue weighted by atomic mass is 32.2. The first-order valence-corrected chi connectivity index (χ1v) is 30.2. The van der Waals surface area contributed by atoms with Gasteiger partial charge >= 0.3 is 59.7 Å². The number of fused-ring (bicyclic) bond motifs is 1. The summed E-state index contributed by atoms with van der Waals surface area (Å²) in [6.07, 6.45) is 3.29. The normalized spacial score (nSPS) is 17.3. The van der Waals surface area contributed by atoms with Crippen molar-refractivity contribution in [2.24, 2.45) is 23.7 Å². The molecule has 1 aliphatic heterocycles. The van der Waals surface area contributed by atoms with Crippen molar-refractivity contribution in [1.82, 2.24) is 0 Å². The molecule has 466 valence electrons. The van der Waals surface area contributed by atoms with Crippen LogP contribution in [0.3, 0.4) is 0 Å². The first-order chi connectivity index (χ1) is 42.2. The molecule has 3 aromatic rings. The van der Waals surface area contributed by atoms with Gasteiger partial charge in [-0.3, -0.25) is 38.4 Å². The average Bonchev–Trinajstić information content (AvgIpc) is 1.64. The van der Waals surface area contributed by atoms with Gasteiger partial charge in [0.25, 0.3) is 5.70 Å². The Balaban J connectivity index is 0.933. The summed E-state index contributed by atoms with van der Waals surface area (Å²) >= 11 is 2.16. The maximum atomic E-state index is 13.9. The van der Waals surface area contributed by atoms with Crippen LogP contribution in [0.15, 0.2) is 93.6 Å². The van der Waals surface area contributed by atoms with E-state index in [-0.39, 0.29) is 69.3 Å². The first kappa shape index (κ1) is 68.4. The lowest BCUT2D eigenvalue weighted by Crippen LogP contribution is -2.31. The van der Waals surface area contributed by atoms with Crippen LogP contribution < -0.4 is 18.9 Å². The fourth-order valence-corrected chi connectivity index (χ4v) is 12.0. The van der Waals surface area contributed by atoms with E-state index in [0.717, 1.165) is 46.8 Å². The standard InChI is InChI=1S/C64H68N2O20S2/c1-8-50(67)79-35-37(3)81-54(71)28-26-52(69)77-32-30-41-10-22-47(23-11-41)83-60(73)43-14-18-45(19-15-43)62(75)85-56-39(5)40(6)57(59-58(56)87-64(88-59)49(34-65)66-7)86-63(76)46-20-16-44(17-21-46)61(74)84-48-24-12-42(13-25-48)31-33-78-53(70)27-29-55(72)82-38(4)36-80-51(68)9-2/h8-13,22-25,37-38,43-46H,1-2,14-21,26-33,35-36H2,3-6H3. The molecule has 2 unspecified atom stereocenters. The molecule has 1 heterocycles. The zero-order valence-corrected chi connectivity index (χ0v) is 50.9. The molecule has 3 aliphatic rings. The van der Waals surface area contributed by atoms with Gasteiger partial charge in [-0.25, -0.2) is 19.7 Å². The molecule has 24 heteroatoms. The topological polar surface area (TPSA) is 291 Å². The first-order valence-electron chi connectivity index (χ1n) is 28.6. The zero-order valence-electron chi connectivity index (χ0n) is 49.3. The Labute approximate surface area is 517 Å². The van der Waals surface area contributed by atoms with E-state index in [4.69, 9.17) is 53.9 Å². The zero-order chi connectivity index (χ0) is 63.9. The molecular formula is C64H68N2O20S2. The van der Waals surface area contributed by atoms with Gasteiger partial charge in [-0.15, -0.1) is 0 Å². The Morgan fingerprint density at radius 2 is 0.875 bits per heavy atom. The maximum absolute atomic E-state index is 13.9. The highest BCUT2D eigenvalue weighted by Gasteiger charge is 2.38. The molecule has 0 bridgehead atoms. The minimum absolute atomic E-state index is 0.0477. The maximum Gasteiger partial charge on any atom is 0.330 e. The molecule has 22 nitrogen and oxygen atoms in total. The second-order valence-electron chi connectivity index (χ2n) is 20.9. The second-order valence-corrected chi connectivity index (χ2v) is 23.2.